The summed E-state index contributed by atoms with van der Waals surface area (Å²) in [5, 5.41) is 0. The molecule has 2 bridgehead atoms. The van der Waals surface area contributed by atoms with Gasteiger partial charge in [-0.15, -0.1) is 0 Å². The van der Waals surface area contributed by atoms with Gasteiger partial charge in [0.15, 0.2) is 0 Å². The van der Waals surface area contributed by atoms with E-state index in [1.807, 2.05) is 37.3 Å². The van der Waals surface area contributed by atoms with Crippen molar-refractivity contribution in [1.29, 1.82) is 0 Å². The van der Waals surface area contributed by atoms with Gasteiger partial charge in [0, 0.05) is 0 Å². The van der Waals surface area contributed by atoms with Crippen LogP contribution in [0.5, 0.6) is 0 Å². The molecule has 0 saturated heterocycles. The summed E-state index contributed by atoms with van der Waals surface area (Å²) in [5.74, 6) is 0.354. The van der Waals surface area contributed by atoms with Crippen LogP contribution in [-0.2, 0) is 9.84 Å². The van der Waals surface area contributed by atoms with Crippen molar-refractivity contribution < 1.29 is 8.42 Å². The molecule has 4 heteroatoms. The first-order valence-corrected chi connectivity index (χ1v) is 11.2. The Bertz CT molecular complexity index is 925. The standard InChI is InChI=1S/C20H18O2SSe/c1-14-7-11-17(12-8-14)23(21,22)19-15-9-10-16(13-15)20(19)24-18-5-3-2-4-6-18/h2-12,15-16H,13H2,1H3. The average Bonchev–Trinajstić information content (AvgIpc) is 3.18. The van der Waals surface area contributed by atoms with Gasteiger partial charge in [0.05, 0.1) is 0 Å². The van der Waals surface area contributed by atoms with Crippen molar-refractivity contribution in [2.45, 2.75) is 18.2 Å². The molecule has 2 aliphatic rings. The van der Waals surface area contributed by atoms with Crippen molar-refractivity contribution >= 4 is 29.3 Å². The van der Waals surface area contributed by atoms with Crippen LogP contribution in [0.4, 0.5) is 0 Å². The van der Waals surface area contributed by atoms with Crippen LogP contribution in [0.15, 0.2) is 81.0 Å². The molecular weight excluding hydrogens is 383 g/mol. The molecular formula is C20H18O2SSe. The molecule has 0 aliphatic heterocycles. The summed E-state index contributed by atoms with van der Waals surface area (Å²) in [6.45, 7) is 1.97. The van der Waals surface area contributed by atoms with Gasteiger partial charge in [-0.3, -0.25) is 0 Å². The fourth-order valence-electron chi connectivity index (χ4n) is 3.37. The maximum atomic E-state index is 13.3. The second-order valence-electron chi connectivity index (χ2n) is 6.29. The normalized spacial score (nSPS) is 22.4. The summed E-state index contributed by atoms with van der Waals surface area (Å²) in [4.78, 5) is 1.09. The monoisotopic (exact) mass is 402 g/mol. The number of aryl methyl sites for hydroxylation is 1. The number of hydrogen-bond donors (Lipinski definition) is 0. The Kier molecular flexibility index (Phi) is 3.99. The van der Waals surface area contributed by atoms with Gasteiger partial charge in [0.25, 0.3) is 0 Å². The van der Waals surface area contributed by atoms with Crippen LogP contribution in [0.3, 0.4) is 0 Å². The van der Waals surface area contributed by atoms with E-state index in [1.54, 1.807) is 12.1 Å². The molecule has 2 aromatic carbocycles. The van der Waals surface area contributed by atoms with E-state index in [1.165, 1.54) is 4.46 Å². The Balaban J connectivity index is 1.79. The van der Waals surface area contributed by atoms with Crippen molar-refractivity contribution in [2.75, 3.05) is 0 Å². The fourth-order valence-corrected chi connectivity index (χ4v) is 8.38. The summed E-state index contributed by atoms with van der Waals surface area (Å²) in [5.41, 5.74) is 1.07. The van der Waals surface area contributed by atoms with Crippen LogP contribution < -0.4 is 4.46 Å². The third kappa shape index (κ3) is 2.69. The average molecular weight is 401 g/mol. The molecule has 0 aromatic heterocycles. The van der Waals surface area contributed by atoms with Gasteiger partial charge in [-0.25, -0.2) is 0 Å². The first-order valence-electron chi connectivity index (χ1n) is 8.03. The van der Waals surface area contributed by atoms with Crippen LogP contribution in [0.2, 0.25) is 0 Å². The molecule has 2 atom stereocenters. The number of benzene rings is 2. The van der Waals surface area contributed by atoms with Crippen molar-refractivity contribution in [1.82, 2.24) is 0 Å². The molecule has 122 valence electrons. The van der Waals surface area contributed by atoms with Crippen LogP contribution in [0.25, 0.3) is 0 Å². The Labute approximate surface area is 149 Å². The second kappa shape index (κ2) is 6.03. The number of sulfone groups is 1. The number of allylic oxidation sites excluding steroid dienone is 4. The summed E-state index contributed by atoms with van der Waals surface area (Å²) < 4.78 is 28.9. The van der Waals surface area contributed by atoms with E-state index in [4.69, 9.17) is 0 Å². The summed E-state index contributed by atoms with van der Waals surface area (Å²) in [7, 11) is -3.41. The molecule has 0 saturated carbocycles. The molecule has 4 rings (SSSR count). The van der Waals surface area contributed by atoms with Gasteiger partial charge in [-0.2, -0.15) is 0 Å². The Hall–Kier alpha value is -1.61. The summed E-state index contributed by atoms with van der Waals surface area (Å²) in [6.07, 6.45) is 5.19. The topological polar surface area (TPSA) is 34.1 Å². The van der Waals surface area contributed by atoms with Gasteiger partial charge in [-0.1, -0.05) is 0 Å². The number of fused-ring (bicyclic) bond motifs is 2. The van der Waals surface area contributed by atoms with Gasteiger partial charge in [0.2, 0.25) is 0 Å². The SMILES string of the molecule is Cc1ccc(S(=O)(=O)C2=C([Se]c3ccccc3)C3C=CC2C3)cc1. The zero-order chi connectivity index (χ0) is 16.7. The van der Waals surface area contributed by atoms with E-state index < -0.39 is 9.84 Å². The van der Waals surface area contributed by atoms with E-state index in [9.17, 15) is 8.42 Å². The first-order chi connectivity index (χ1) is 11.6. The van der Waals surface area contributed by atoms with E-state index in [2.05, 4.69) is 24.3 Å². The minimum atomic E-state index is -3.41. The zero-order valence-corrected chi connectivity index (χ0v) is 15.9. The predicted octanol–water partition coefficient (Wildman–Crippen LogP) is 3.22. The third-order valence-electron chi connectivity index (χ3n) is 4.59. The van der Waals surface area contributed by atoms with E-state index >= 15 is 0 Å². The second-order valence-corrected chi connectivity index (χ2v) is 10.6. The van der Waals surface area contributed by atoms with Crippen LogP contribution in [-0.4, -0.2) is 23.4 Å². The van der Waals surface area contributed by atoms with Gasteiger partial charge < -0.3 is 0 Å². The molecule has 0 radical (unpaired) electrons. The van der Waals surface area contributed by atoms with Gasteiger partial charge >= 0.3 is 149 Å². The Morgan fingerprint density at radius 3 is 2.29 bits per heavy atom. The first kappa shape index (κ1) is 15.9. The molecule has 0 fully saturated rings. The molecule has 24 heavy (non-hydrogen) atoms. The molecule has 0 heterocycles. The van der Waals surface area contributed by atoms with Crippen LogP contribution in [0, 0.1) is 18.8 Å². The molecule has 2 nitrogen and oxygen atoms in total. The van der Waals surface area contributed by atoms with E-state index in [0.717, 1.165) is 16.5 Å². The van der Waals surface area contributed by atoms with Crippen molar-refractivity contribution in [2.24, 2.45) is 11.8 Å². The van der Waals surface area contributed by atoms with Gasteiger partial charge in [-0.05, 0) is 0 Å². The number of rotatable bonds is 4. The Morgan fingerprint density at radius 1 is 0.917 bits per heavy atom. The van der Waals surface area contributed by atoms with E-state index in [0.29, 0.717) is 15.7 Å². The maximum absolute atomic E-state index is 13.3. The van der Waals surface area contributed by atoms with Crippen LogP contribution >= 0.6 is 0 Å². The molecule has 0 amide bonds. The quantitative estimate of drug-likeness (QED) is 0.583. The molecule has 2 aliphatic carbocycles. The number of hydrogen-bond acceptors (Lipinski definition) is 2. The van der Waals surface area contributed by atoms with E-state index in [-0.39, 0.29) is 20.9 Å². The zero-order valence-electron chi connectivity index (χ0n) is 13.3. The molecule has 2 aromatic rings. The summed E-state index contributed by atoms with van der Waals surface area (Å²) in [6, 6.07) is 17.5. The molecule has 2 unspecified atom stereocenters. The van der Waals surface area contributed by atoms with Crippen molar-refractivity contribution in [3.05, 3.63) is 81.7 Å². The summed E-state index contributed by atoms with van der Waals surface area (Å²) >= 11 is 0.0541. The Morgan fingerprint density at radius 2 is 1.58 bits per heavy atom. The molecule has 0 spiro atoms. The third-order valence-corrected chi connectivity index (χ3v) is 9.50. The molecule has 0 N–H and O–H groups in total. The van der Waals surface area contributed by atoms with Gasteiger partial charge in [0.1, 0.15) is 0 Å². The van der Waals surface area contributed by atoms with Crippen LogP contribution in [0.1, 0.15) is 12.0 Å². The van der Waals surface area contributed by atoms with Crippen molar-refractivity contribution in [3.63, 3.8) is 0 Å². The predicted molar refractivity (Wildman–Crippen MR) is 98.0 cm³/mol. The minimum absolute atomic E-state index is 0.0541. The van der Waals surface area contributed by atoms with Crippen molar-refractivity contribution in [3.8, 4) is 0 Å². The fraction of sp³-hybridized carbons (Fsp3) is 0.200.